The fourth-order valence-electron chi connectivity index (χ4n) is 3.23. The highest BCUT2D eigenvalue weighted by Crippen LogP contribution is 2.13. The lowest BCUT2D eigenvalue weighted by Crippen LogP contribution is -2.35. The van der Waals surface area contributed by atoms with E-state index < -0.39 is 0 Å². The highest BCUT2D eigenvalue weighted by Gasteiger charge is 2.24. The van der Waals surface area contributed by atoms with Crippen molar-refractivity contribution in [2.24, 2.45) is 0 Å². The number of likely N-dealkylation sites (tertiary alicyclic amines) is 1. The molecule has 0 spiro atoms. The molecule has 4 rings (SSSR count). The van der Waals surface area contributed by atoms with Gasteiger partial charge in [-0.05, 0) is 42.5 Å². The van der Waals surface area contributed by atoms with E-state index in [0.717, 1.165) is 17.7 Å². The van der Waals surface area contributed by atoms with E-state index in [0.29, 0.717) is 28.0 Å². The number of thiophene rings is 1. The smallest absolute Gasteiger partial charge is 0.273 e. The molecule has 2 aromatic heterocycles. The van der Waals surface area contributed by atoms with Crippen LogP contribution in [-0.4, -0.2) is 28.5 Å². The van der Waals surface area contributed by atoms with Gasteiger partial charge in [-0.2, -0.15) is 5.26 Å². The van der Waals surface area contributed by atoms with Crippen LogP contribution in [0.1, 0.15) is 17.7 Å². The fraction of sp³-hybridized carbons (Fsp3) is 0.190. The zero-order valence-electron chi connectivity index (χ0n) is 15.0. The largest absolute Gasteiger partial charge is 0.338 e. The molecule has 3 heterocycles. The first-order chi connectivity index (χ1) is 13.7. The van der Waals surface area contributed by atoms with Crippen molar-refractivity contribution in [2.45, 2.75) is 12.8 Å². The van der Waals surface area contributed by atoms with Gasteiger partial charge in [0.05, 0.1) is 10.2 Å². The summed E-state index contributed by atoms with van der Waals surface area (Å²) >= 11 is 2.73. The van der Waals surface area contributed by atoms with Gasteiger partial charge in [0.2, 0.25) is 0 Å². The average molecular weight is 408 g/mol. The molecule has 0 saturated carbocycles. The third kappa shape index (κ3) is 3.44. The van der Waals surface area contributed by atoms with Crippen LogP contribution >= 0.6 is 22.7 Å². The summed E-state index contributed by atoms with van der Waals surface area (Å²) in [5.41, 5.74) is 0.451. The van der Waals surface area contributed by atoms with Crippen molar-refractivity contribution in [1.29, 1.82) is 5.26 Å². The lowest BCUT2D eigenvalue weighted by atomic mass is 10.2. The first-order valence-corrected chi connectivity index (χ1v) is 10.6. The summed E-state index contributed by atoms with van der Waals surface area (Å²) in [7, 11) is 0. The molecule has 1 saturated heterocycles. The molecule has 0 aliphatic carbocycles. The number of amides is 1. The Hall–Kier alpha value is -2.95. The van der Waals surface area contributed by atoms with E-state index in [9.17, 15) is 14.9 Å². The number of hydrogen-bond donors (Lipinski definition) is 0. The zero-order valence-corrected chi connectivity index (χ0v) is 16.6. The molecule has 0 bridgehead atoms. The molecule has 1 aliphatic rings. The van der Waals surface area contributed by atoms with E-state index in [4.69, 9.17) is 0 Å². The number of benzene rings is 1. The van der Waals surface area contributed by atoms with Crippen LogP contribution in [0.4, 0.5) is 0 Å². The van der Waals surface area contributed by atoms with E-state index in [1.165, 1.54) is 27.2 Å². The minimum Gasteiger partial charge on any atom is -0.338 e. The van der Waals surface area contributed by atoms with Crippen molar-refractivity contribution in [1.82, 2.24) is 9.47 Å². The number of nitrogens with zero attached hydrogens (tertiary/aromatic N) is 3. The summed E-state index contributed by atoms with van der Waals surface area (Å²) in [5.74, 6) is -0.298. The fourth-order valence-corrected chi connectivity index (χ4v) is 5.05. The number of carbonyl (C=O) groups excluding carboxylic acids is 1. The van der Waals surface area contributed by atoms with Crippen molar-refractivity contribution < 1.29 is 4.79 Å². The number of aromatic nitrogens is 1. The minimum absolute atomic E-state index is 0.0266. The second-order valence-corrected chi connectivity index (χ2v) is 8.40. The summed E-state index contributed by atoms with van der Waals surface area (Å²) in [6, 6.07) is 15.1. The molecule has 7 heteroatoms. The normalized spacial score (nSPS) is 15.5. The standard InChI is InChI=1S/C21H17N3O2S2/c22-14-17(19(25)23-10-4-5-11-23)21-24(15-7-2-1-3-8-15)20(26)18(28-21)13-16-9-6-12-27-16/h1-3,6-9,12-13H,4-5,10-11H2/b18-13-,21-17-. The predicted molar refractivity (Wildman–Crippen MR) is 112 cm³/mol. The van der Waals surface area contributed by atoms with Crippen LogP contribution in [0.25, 0.3) is 17.3 Å². The number of thiazole rings is 1. The third-order valence-corrected chi connectivity index (χ3v) is 6.50. The van der Waals surface area contributed by atoms with Gasteiger partial charge in [-0.25, -0.2) is 0 Å². The molecule has 0 atom stereocenters. The van der Waals surface area contributed by atoms with Gasteiger partial charge in [-0.15, -0.1) is 22.7 Å². The summed E-state index contributed by atoms with van der Waals surface area (Å²) in [6.45, 7) is 1.30. The minimum atomic E-state index is -0.298. The Balaban J connectivity index is 2.01. The molecular weight excluding hydrogens is 390 g/mol. The Morgan fingerprint density at radius 2 is 1.86 bits per heavy atom. The van der Waals surface area contributed by atoms with Gasteiger partial charge in [0, 0.05) is 18.0 Å². The van der Waals surface area contributed by atoms with Crippen molar-refractivity contribution in [3.8, 4) is 11.8 Å². The van der Waals surface area contributed by atoms with Gasteiger partial charge in [0.25, 0.3) is 11.5 Å². The van der Waals surface area contributed by atoms with Gasteiger partial charge in [-0.1, -0.05) is 24.3 Å². The molecule has 1 aromatic carbocycles. The first kappa shape index (κ1) is 18.4. The summed E-state index contributed by atoms with van der Waals surface area (Å²) in [5, 5.41) is 11.7. The Labute approximate surface area is 169 Å². The number of para-hydroxylation sites is 1. The van der Waals surface area contributed by atoms with E-state index in [2.05, 4.69) is 6.07 Å². The van der Waals surface area contributed by atoms with E-state index in [1.807, 2.05) is 53.9 Å². The van der Waals surface area contributed by atoms with Gasteiger partial charge in [-0.3, -0.25) is 14.2 Å². The molecule has 0 N–H and O–H groups in total. The monoisotopic (exact) mass is 407 g/mol. The Kier molecular flexibility index (Phi) is 5.24. The summed E-state index contributed by atoms with van der Waals surface area (Å²) in [6.07, 6.45) is 3.70. The molecule has 3 aromatic rings. The number of carbonyl (C=O) groups is 1. The SMILES string of the molecule is N#C/C(C(=O)N1CCCC1)=c1/s/c(=C\c2cccs2)c(=O)n1-c1ccccc1. The molecule has 5 nitrogen and oxygen atoms in total. The van der Waals surface area contributed by atoms with E-state index >= 15 is 0 Å². The van der Waals surface area contributed by atoms with Crippen molar-refractivity contribution in [3.63, 3.8) is 0 Å². The van der Waals surface area contributed by atoms with Crippen molar-refractivity contribution in [3.05, 3.63) is 72.3 Å². The lowest BCUT2D eigenvalue weighted by molar-refractivity contribution is -0.123. The molecule has 140 valence electrons. The summed E-state index contributed by atoms with van der Waals surface area (Å²) < 4.78 is 2.37. The maximum absolute atomic E-state index is 13.2. The van der Waals surface area contributed by atoms with E-state index in [1.54, 1.807) is 4.90 Å². The maximum Gasteiger partial charge on any atom is 0.273 e. The highest BCUT2D eigenvalue weighted by molar-refractivity contribution is 7.11. The van der Waals surface area contributed by atoms with Crippen LogP contribution in [0.5, 0.6) is 0 Å². The van der Waals surface area contributed by atoms with Gasteiger partial charge in [0.1, 0.15) is 10.7 Å². The quantitative estimate of drug-likeness (QED) is 0.668. The average Bonchev–Trinajstić information content (AvgIpc) is 3.47. The first-order valence-electron chi connectivity index (χ1n) is 8.95. The number of nitriles is 1. The Morgan fingerprint density at radius 1 is 1.11 bits per heavy atom. The topological polar surface area (TPSA) is 66.1 Å². The number of rotatable bonds is 3. The van der Waals surface area contributed by atoms with Crippen LogP contribution < -0.4 is 14.8 Å². The van der Waals surface area contributed by atoms with Crippen LogP contribution in [-0.2, 0) is 4.79 Å². The van der Waals surface area contributed by atoms with Crippen molar-refractivity contribution in [2.75, 3.05) is 13.1 Å². The maximum atomic E-state index is 13.2. The summed E-state index contributed by atoms with van der Waals surface area (Å²) in [4.78, 5) is 28.8. The van der Waals surface area contributed by atoms with Crippen molar-refractivity contribution >= 4 is 40.2 Å². The zero-order chi connectivity index (χ0) is 19.5. The molecule has 1 fully saturated rings. The van der Waals surface area contributed by atoms with Crippen LogP contribution in [0.3, 0.4) is 0 Å². The second kappa shape index (κ2) is 7.97. The Morgan fingerprint density at radius 3 is 2.50 bits per heavy atom. The van der Waals surface area contributed by atoms with Gasteiger partial charge >= 0.3 is 0 Å². The molecule has 0 radical (unpaired) electrons. The Bertz CT molecular complexity index is 1210. The second-order valence-electron chi connectivity index (χ2n) is 6.39. The van der Waals surface area contributed by atoms with Gasteiger partial charge in [0.15, 0.2) is 5.57 Å². The molecule has 28 heavy (non-hydrogen) atoms. The van der Waals surface area contributed by atoms with Crippen LogP contribution in [0, 0.1) is 11.3 Å². The number of hydrogen-bond acceptors (Lipinski definition) is 5. The third-order valence-electron chi connectivity index (χ3n) is 4.59. The molecule has 1 aliphatic heterocycles. The predicted octanol–water partition coefficient (Wildman–Crippen LogP) is 2.09. The van der Waals surface area contributed by atoms with Crippen LogP contribution in [0.2, 0.25) is 0 Å². The highest BCUT2D eigenvalue weighted by atomic mass is 32.1. The van der Waals surface area contributed by atoms with E-state index in [-0.39, 0.29) is 17.0 Å². The molecule has 1 amide bonds. The molecule has 0 unspecified atom stereocenters. The molecular formula is C21H17N3O2S2. The lowest BCUT2D eigenvalue weighted by Gasteiger charge is -2.14. The van der Waals surface area contributed by atoms with Crippen LogP contribution in [0.15, 0.2) is 52.6 Å². The van der Waals surface area contributed by atoms with Gasteiger partial charge < -0.3 is 4.90 Å².